The van der Waals surface area contributed by atoms with Crippen LogP contribution in [0.15, 0.2) is 88.6 Å². The average molecular weight is 575 g/mol. The van der Waals surface area contributed by atoms with Crippen molar-refractivity contribution < 1.29 is 17.9 Å². The first-order valence-corrected chi connectivity index (χ1v) is 15.9. The number of hydrogen-bond donors (Lipinski definition) is 3. The van der Waals surface area contributed by atoms with Gasteiger partial charge in [-0.05, 0) is 73.2 Å². The van der Waals surface area contributed by atoms with Crippen molar-refractivity contribution in [1.29, 1.82) is 0 Å². The molecule has 216 valence electrons. The highest BCUT2D eigenvalue weighted by atomic mass is 32.2. The van der Waals surface area contributed by atoms with E-state index in [-0.39, 0.29) is 4.90 Å². The molecule has 41 heavy (non-hydrogen) atoms. The molecule has 9 heteroatoms. The maximum atomic E-state index is 13.0. The van der Waals surface area contributed by atoms with Crippen molar-refractivity contribution in [2.75, 3.05) is 17.8 Å². The van der Waals surface area contributed by atoms with Crippen LogP contribution in [0.25, 0.3) is 0 Å². The fourth-order valence-corrected chi connectivity index (χ4v) is 6.33. The van der Waals surface area contributed by atoms with Gasteiger partial charge in [-0.1, -0.05) is 56.0 Å². The smallest absolute Gasteiger partial charge is 0.261 e. The zero-order chi connectivity index (χ0) is 28.5. The van der Waals surface area contributed by atoms with Crippen LogP contribution in [0.2, 0.25) is 0 Å². The summed E-state index contributed by atoms with van der Waals surface area (Å²) in [5.41, 5.74) is 4.28. The Kier molecular flexibility index (Phi) is 9.82. The van der Waals surface area contributed by atoms with Crippen molar-refractivity contribution in [1.82, 2.24) is 15.3 Å². The molecule has 4 aromatic rings. The lowest BCUT2D eigenvalue weighted by atomic mass is 10.0. The standard InChI is InChI=1S/C32H38N4O4S/c37-31(27-6-3-18-33-21-27)22-34-19-17-25-7-12-28(13-8-25)36-41(38,39)30-15-10-26(11-16-30)20-32-35-29(23-40-32)14-9-24-4-1-2-5-24/h3,6-8,10-13,15-16,18,21,23-24,31,34,36-37H,1-2,4-5,9,14,17,19-20,22H2/t31-/m0/s1. The minimum Gasteiger partial charge on any atom is -0.448 e. The maximum absolute atomic E-state index is 13.0. The van der Waals surface area contributed by atoms with Crippen LogP contribution in [0.4, 0.5) is 5.69 Å². The minimum atomic E-state index is -3.72. The maximum Gasteiger partial charge on any atom is 0.261 e. The number of aromatic nitrogens is 2. The van der Waals surface area contributed by atoms with Gasteiger partial charge in [-0.3, -0.25) is 9.71 Å². The van der Waals surface area contributed by atoms with Crippen LogP contribution in [0, 0.1) is 5.92 Å². The summed E-state index contributed by atoms with van der Waals surface area (Å²) in [6, 6.07) is 17.8. The number of nitrogens with one attached hydrogen (secondary N) is 2. The van der Waals surface area contributed by atoms with Gasteiger partial charge in [0.1, 0.15) is 6.26 Å². The molecule has 1 fully saturated rings. The van der Waals surface area contributed by atoms with Crippen LogP contribution in [0.5, 0.6) is 0 Å². The molecule has 0 spiro atoms. The Morgan fingerprint density at radius 1 is 0.976 bits per heavy atom. The summed E-state index contributed by atoms with van der Waals surface area (Å²) in [5, 5.41) is 13.5. The average Bonchev–Trinajstić information content (AvgIpc) is 3.68. The Balaban J connectivity index is 1.07. The summed E-state index contributed by atoms with van der Waals surface area (Å²) in [5.74, 6) is 1.48. The first kappa shape index (κ1) is 29.0. The molecular weight excluding hydrogens is 536 g/mol. The second-order valence-corrected chi connectivity index (χ2v) is 12.5. The van der Waals surface area contributed by atoms with Gasteiger partial charge in [0, 0.05) is 36.6 Å². The molecule has 0 saturated heterocycles. The topological polar surface area (TPSA) is 117 Å². The predicted molar refractivity (Wildman–Crippen MR) is 159 cm³/mol. The molecule has 8 nitrogen and oxygen atoms in total. The molecule has 0 aliphatic heterocycles. The van der Waals surface area contributed by atoms with Gasteiger partial charge in [0.25, 0.3) is 10.0 Å². The van der Waals surface area contributed by atoms with E-state index in [1.54, 1.807) is 61.1 Å². The Hall–Kier alpha value is -3.53. The van der Waals surface area contributed by atoms with E-state index in [9.17, 15) is 13.5 Å². The van der Waals surface area contributed by atoms with Gasteiger partial charge in [0.2, 0.25) is 0 Å². The van der Waals surface area contributed by atoms with Crippen molar-refractivity contribution in [3.05, 3.63) is 108 Å². The summed E-state index contributed by atoms with van der Waals surface area (Å²) in [7, 11) is -3.72. The van der Waals surface area contributed by atoms with Crippen LogP contribution < -0.4 is 10.0 Å². The lowest BCUT2D eigenvalue weighted by Gasteiger charge is -2.12. The molecule has 2 heterocycles. The Bertz CT molecular complexity index is 1470. The zero-order valence-electron chi connectivity index (χ0n) is 23.2. The summed E-state index contributed by atoms with van der Waals surface area (Å²) in [4.78, 5) is 8.86. The van der Waals surface area contributed by atoms with Crippen molar-refractivity contribution in [2.45, 2.75) is 62.4 Å². The molecule has 1 aliphatic rings. The molecule has 1 saturated carbocycles. The van der Waals surface area contributed by atoms with E-state index in [0.29, 0.717) is 31.1 Å². The fourth-order valence-electron chi connectivity index (χ4n) is 5.27. The van der Waals surface area contributed by atoms with Crippen LogP contribution in [-0.2, 0) is 29.3 Å². The number of aryl methyl sites for hydroxylation is 1. The quantitative estimate of drug-likeness (QED) is 0.172. The zero-order valence-corrected chi connectivity index (χ0v) is 24.0. The van der Waals surface area contributed by atoms with Crippen LogP contribution in [0.1, 0.15) is 66.5 Å². The van der Waals surface area contributed by atoms with E-state index < -0.39 is 16.1 Å². The third kappa shape index (κ3) is 8.48. The van der Waals surface area contributed by atoms with Gasteiger partial charge in [0.15, 0.2) is 5.89 Å². The number of oxazole rings is 1. The second-order valence-electron chi connectivity index (χ2n) is 10.8. The largest absolute Gasteiger partial charge is 0.448 e. The highest BCUT2D eigenvalue weighted by molar-refractivity contribution is 7.92. The number of aliphatic hydroxyl groups excluding tert-OH is 1. The van der Waals surface area contributed by atoms with Crippen molar-refractivity contribution >= 4 is 15.7 Å². The number of anilines is 1. The SMILES string of the molecule is O=S(=O)(Nc1ccc(CCNC[C@H](O)c2cccnc2)cc1)c1ccc(Cc2nc(CCC3CCCC3)co2)cc1. The second kappa shape index (κ2) is 13.9. The number of rotatable bonds is 14. The summed E-state index contributed by atoms with van der Waals surface area (Å²) >= 11 is 0. The van der Waals surface area contributed by atoms with Gasteiger partial charge >= 0.3 is 0 Å². The molecule has 0 unspecified atom stereocenters. The normalized spacial score (nSPS) is 14.8. The van der Waals surface area contributed by atoms with E-state index >= 15 is 0 Å². The molecule has 1 aliphatic carbocycles. The molecule has 0 radical (unpaired) electrons. The van der Waals surface area contributed by atoms with E-state index in [0.717, 1.165) is 41.1 Å². The lowest BCUT2D eigenvalue weighted by molar-refractivity contribution is 0.174. The molecule has 5 rings (SSSR count). The number of hydrogen-bond acceptors (Lipinski definition) is 7. The highest BCUT2D eigenvalue weighted by Gasteiger charge is 2.17. The van der Waals surface area contributed by atoms with Gasteiger partial charge in [-0.2, -0.15) is 0 Å². The Morgan fingerprint density at radius 3 is 2.46 bits per heavy atom. The van der Waals surface area contributed by atoms with E-state index in [2.05, 4.69) is 20.0 Å². The number of nitrogens with zero attached hydrogens (tertiary/aromatic N) is 2. The lowest BCUT2D eigenvalue weighted by Crippen LogP contribution is -2.23. The highest BCUT2D eigenvalue weighted by Crippen LogP contribution is 2.28. The van der Waals surface area contributed by atoms with Crippen LogP contribution in [-0.4, -0.2) is 36.6 Å². The fraction of sp³-hybridized carbons (Fsp3) is 0.375. The van der Waals surface area contributed by atoms with Crippen molar-refractivity contribution in [2.24, 2.45) is 5.92 Å². The number of aliphatic hydroxyl groups is 1. The number of sulfonamides is 1. The van der Waals surface area contributed by atoms with Gasteiger partial charge in [-0.25, -0.2) is 13.4 Å². The van der Waals surface area contributed by atoms with Crippen molar-refractivity contribution in [3.8, 4) is 0 Å². The molecule has 3 N–H and O–H groups in total. The van der Waals surface area contributed by atoms with Gasteiger partial charge in [0.05, 0.1) is 16.7 Å². The predicted octanol–water partition coefficient (Wildman–Crippen LogP) is 5.45. The summed E-state index contributed by atoms with van der Waals surface area (Å²) < 4.78 is 34.2. The Morgan fingerprint density at radius 2 is 1.73 bits per heavy atom. The molecular formula is C32H38N4O4S. The Labute approximate surface area is 242 Å². The summed E-state index contributed by atoms with van der Waals surface area (Å²) in [6.07, 6.45) is 13.2. The van der Waals surface area contributed by atoms with Gasteiger partial charge in [-0.15, -0.1) is 0 Å². The van der Waals surface area contributed by atoms with Gasteiger partial charge < -0.3 is 14.8 Å². The van der Waals surface area contributed by atoms with E-state index in [1.807, 2.05) is 18.2 Å². The molecule has 2 aromatic heterocycles. The first-order valence-electron chi connectivity index (χ1n) is 14.4. The van der Waals surface area contributed by atoms with Crippen molar-refractivity contribution in [3.63, 3.8) is 0 Å². The third-order valence-electron chi connectivity index (χ3n) is 7.68. The third-order valence-corrected chi connectivity index (χ3v) is 9.07. The summed E-state index contributed by atoms with van der Waals surface area (Å²) in [6.45, 7) is 1.12. The van der Waals surface area contributed by atoms with E-state index in [1.165, 1.54) is 32.1 Å². The molecule has 0 amide bonds. The molecule has 0 bridgehead atoms. The first-order chi connectivity index (χ1) is 19.9. The van der Waals surface area contributed by atoms with Crippen LogP contribution >= 0.6 is 0 Å². The van der Waals surface area contributed by atoms with Crippen LogP contribution in [0.3, 0.4) is 0 Å². The number of pyridine rings is 1. The minimum absolute atomic E-state index is 0.200. The number of benzene rings is 2. The van der Waals surface area contributed by atoms with E-state index in [4.69, 9.17) is 4.42 Å². The molecule has 1 atom stereocenters. The monoisotopic (exact) mass is 574 g/mol. The molecule has 2 aromatic carbocycles.